The Bertz CT molecular complexity index is 440. The first kappa shape index (κ1) is 10.1. The standard InChI is InChI=1S/C11H11ClN2O/c1-15-11-3-2-10(12)6-9(11)7-14-5-4-13-8-14/h2-6,8H,7H2,1H3. The molecule has 15 heavy (non-hydrogen) atoms. The molecule has 2 rings (SSSR count). The van der Waals surface area contributed by atoms with Gasteiger partial charge in [0, 0.05) is 23.0 Å². The van der Waals surface area contributed by atoms with Gasteiger partial charge in [0.1, 0.15) is 5.75 Å². The van der Waals surface area contributed by atoms with E-state index in [-0.39, 0.29) is 0 Å². The van der Waals surface area contributed by atoms with E-state index in [4.69, 9.17) is 16.3 Å². The van der Waals surface area contributed by atoms with Crippen molar-refractivity contribution in [2.75, 3.05) is 7.11 Å². The second kappa shape index (κ2) is 4.36. The van der Waals surface area contributed by atoms with Crippen molar-refractivity contribution in [2.24, 2.45) is 0 Å². The number of nitrogens with zero attached hydrogens (tertiary/aromatic N) is 2. The van der Waals surface area contributed by atoms with Crippen molar-refractivity contribution in [1.29, 1.82) is 0 Å². The Hall–Kier alpha value is -1.48. The number of hydrogen-bond acceptors (Lipinski definition) is 2. The summed E-state index contributed by atoms with van der Waals surface area (Å²) in [5.41, 5.74) is 1.04. The predicted octanol–water partition coefficient (Wildman–Crippen LogP) is 2.59. The van der Waals surface area contributed by atoms with Crippen LogP contribution in [-0.4, -0.2) is 16.7 Å². The molecule has 78 valence electrons. The van der Waals surface area contributed by atoms with Gasteiger partial charge in [0.15, 0.2) is 0 Å². The monoisotopic (exact) mass is 222 g/mol. The van der Waals surface area contributed by atoms with Crippen LogP contribution < -0.4 is 4.74 Å². The largest absolute Gasteiger partial charge is 0.496 e. The number of rotatable bonds is 3. The molecule has 0 amide bonds. The molecule has 0 N–H and O–H groups in total. The van der Waals surface area contributed by atoms with Gasteiger partial charge in [-0.3, -0.25) is 0 Å². The lowest BCUT2D eigenvalue weighted by molar-refractivity contribution is 0.408. The summed E-state index contributed by atoms with van der Waals surface area (Å²) in [5, 5.41) is 0.714. The zero-order valence-electron chi connectivity index (χ0n) is 8.35. The van der Waals surface area contributed by atoms with E-state index in [2.05, 4.69) is 4.98 Å². The Morgan fingerprint density at radius 1 is 1.47 bits per heavy atom. The van der Waals surface area contributed by atoms with Gasteiger partial charge in [0.05, 0.1) is 20.0 Å². The third-order valence-corrected chi connectivity index (χ3v) is 2.39. The maximum absolute atomic E-state index is 5.93. The smallest absolute Gasteiger partial charge is 0.123 e. The summed E-state index contributed by atoms with van der Waals surface area (Å²) >= 11 is 5.93. The zero-order valence-corrected chi connectivity index (χ0v) is 9.11. The number of imidazole rings is 1. The molecule has 1 heterocycles. The highest BCUT2D eigenvalue weighted by molar-refractivity contribution is 6.30. The van der Waals surface area contributed by atoms with Gasteiger partial charge >= 0.3 is 0 Å². The first-order valence-corrected chi connectivity index (χ1v) is 4.95. The summed E-state index contributed by atoms with van der Waals surface area (Å²) in [4.78, 5) is 3.99. The third-order valence-electron chi connectivity index (χ3n) is 2.15. The number of aromatic nitrogens is 2. The van der Waals surface area contributed by atoms with Crippen molar-refractivity contribution < 1.29 is 4.74 Å². The highest BCUT2D eigenvalue weighted by Gasteiger charge is 2.04. The molecule has 0 bridgehead atoms. The van der Waals surface area contributed by atoms with Crippen LogP contribution in [0.2, 0.25) is 5.02 Å². The average molecular weight is 223 g/mol. The van der Waals surface area contributed by atoms with Crippen molar-refractivity contribution in [3.63, 3.8) is 0 Å². The van der Waals surface area contributed by atoms with Gasteiger partial charge in [-0.15, -0.1) is 0 Å². The number of methoxy groups -OCH3 is 1. The second-order valence-corrected chi connectivity index (χ2v) is 3.63. The minimum absolute atomic E-state index is 0.712. The fourth-order valence-corrected chi connectivity index (χ4v) is 1.64. The van der Waals surface area contributed by atoms with Crippen LogP contribution in [-0.2, 0) is 6.54 Å². The lowest BCUT2D eigenvalue weighted by Crippen LogP contribution is -1.99. The van der Waals surface area contributed by atoms with Crippen molar-refractivity contribution in [1.82, 2.24) is 9.55 Å². The first-order chi connectivity index (χ1) is 7.29. The molecule has 3 nitrogen and oxygen atoms in total. The van der Waals surface area contributed by atoms with E-state index in [1.165, 1.54) is 0 Å². The number of benzene rings is 1. The van der Waals surface area contributed by atoms with E-state index in [1.54, 1.807) is 19.6 Å². The van der Waals surface area contributed by atoms with Gasteiger partial charge in [0.25, 0.3) is 0 Å². The fraction of sp³-hybridized carbons (Fsp3) is 0.182. The van der Waals surface area contributed by atoms with Gasteiger partial charge in [-0.25, -0.2) is 4.98 Å². The lowest BCUT2D eigenvalue weighted by atomic mass is 10.2. The Kier molecular flexibility index (Phi) is 2.92. The summed E-state index contributed by atoms with van der Waals surface area (Å²) in [7, 11) is 1.65. The fourth-order valence-electron chi connectivity index (χ4n) is 1.45. The molecule has 2 aromatic rings. The van der Waals surface area contributed by atoms with Gasteiger partial charge in [-0.2, -0.15) is 0 Å². The molecular weight excluding hydrogens is 212 g/mol. The maximum Gasteiger partial charge on any atom is 0.123 e. The summed E-state index contributed by atoms with van der Waals surface area (Å²) in [6, 6.07) is 5.59. The molecule has 0 saturated carbocycles. The highest BCUT2D eigenvalue weighted by atomic mass is 35.5. The van der Waals surface area contributed by atoms with Crippen LogP contribution in [0.5, 0.6) is 5.75 Å². The van der Waals surface area contributed by atoms with Crippen molar-refractivity contribution in [3.8, 4) is 5.75 Å². The minimum Gasteiger partial charge on any atom is -0.496 e. The number of halogens is 1. The van der Waals surface area contributed by atoms with Crippen LogP contribution in [0.4, 0.5) is 0 Å². The Morgan fingerprint density at radius 3 is 3.00 bits per heavy atom. The summed E-state index contributed by atoms with van der Waals surface area (Å²) < 4.78 is 7.22. The molecular formula is C11H11ClN2O. The van der Waals surface area contributed by atoms with Crippen LogP contribution in [0.3, 0.4) is 0 Å². The Morgan fingerprint density at radius 2 is 2.33 bits per heavy atom. The molecule has 0 spiro atoms. The molecule has 0 unspecified atom stereocenters. The van der Waals surface area contributed by atoms with Crippen molar-refractivity contribution in [3.05, 3.63) is 47.5 Å². The molecule has 0 fully saturated rings. The van der Waals surface area contributed by atoms with Crippen LogP contribution in [0.25, 0.3) is 0 Å². The maximum atomic E-state index is 5.93. The molecule has 0 aliphatic rings. The molecule has 0 aliphatic carbocycles. The molecule has 1 aromatic heterocycles. The molecule has 0 radical (unpaired) electrons. The Balaban J connectivity index is 2.30. The minimum atomic E-state index is 0.712. The summed E-state index contributed by atoms with van der Waals surface area (Å²) in [6.45, 7) is 0.712. The highest BCUT2D eigenvalue weighted by Crippen LogP contribution is 2.23. The van der Waals surface area contributed by atoms with Gasteiger partial charge in [0.2, 0.25) is 0 Å². The van der Waals surface area contributed by atoms with E-state index in [0.717, 1.165) is 11.3 Å². The normalized spacial score (nSPS) is 10.3. The average Bonchev–Trinajstić information content (AvgIpc) is 2.71. The third kappa shape index (κ3) is 2.30. The summed E-state index contributed by atoms with van der Waals surface area (Å²) in [6.07, 6.45) is 5.41. The van der Waals surface area contributed by atoms with Gasteiger partial charge in [-0.05, 0) is 18.2 Å². The van der Waals surface area contributed by atoms with Gasteiger partial charge < -0.3 is 9.30 Å². The van der Waals surface area contributed by atoms with Crippen molar-refractivity contribution in [2.45, 2.75) is 6.54 Å². The first-order valence-electron chi connectivity index (χ1n) is 4.58. The second-order valence-electron chi connectivity index (χ2n) is 3.19. The quantitative estimate of drug-likeness (QED) is 0.798. The van der Waals surface area contributed by atoms with Gasteiger partial charge in [-0.1, -0.05) is 11.6 Å². The van der Waals surface area contributed by atoms with Crippen LogP contribution in [0.15, 0.2) is 36.9 Å². The van der Waals surface area contributed by atoms with Crippen LogP contribution in [0, 0.1) is 0 Å². The van der Waals surface area contributed by atoms with E-state index in [0.29, 0.717) is 11.6 Å². The van der Waals surface area contributed by atoms with Crippen LogP contribution >= 0.6 is 11.6 Å². The van der Waals surface area contributed by atoms with E-state index in [1.807, 2.05) is 29.0 Å². The summed E-state index contributed by atoms with van der Waals surface area (Å²) in [5.74, 6) is 0.841. The number of hydrogen-bond donors (Lipinski definition) is 0. The molecule has 0 atom stereocenters. The molecule has 1 aromatic carbocycles. The lowest BCUT2D eigenvalue weighted by Gasteiger charge is -2.09. The molecule has 0 saturated heterocycles. The van der Waals surface area contributed by atoms with E-state index >= 15 is 0 Å². The van der Waals surface area contributed by atoms with Crippen LogP contribution in [0.1, 0.15) is 5.56 Å². The van der Waals surface area contributed by atoms with Crippen molar-refractivity contribution >= 4 is 11.6 Å². The molecule has 0 aliphatic heterocycles. The van der Waals surface area contributed by atoms with E-state index < -0.39 is 0 Å². The predicted molar refractivity (Wildman–Crippen MR) is 59.3 cm³/mol. The Labute approximate surface area is 93.3 Å². The number of ether oxygens (including phenoxy) is 1. The SMILES string of the molecule is COc1ccc(Cl)cc1Cn1ccnc1. The topological polar surface area (TPSA) is 27.1 Å². The zero-order chi connectivity index (χ0) is 10.7. The molecule has 4 heteroatoms. The van der Waals surface area contributed by atoms with E-state index in [9.17, 15) is 0 Å².